The lowest BCUT2D eigenvalue weighted by atomic mass is 10.1. The summed E-state index contributed by atoms with van der Waals surface area (Å²) in [6.07, 6.45) is 0. The molecule has 1 fully saturated rings. The van der Waals surface area contributed by atoms with E-state index >= 15 is 0 Å². The molecule has 0 atom stereocenters. The molecule has 5 heteroatoms. The summed E-state index contributed by atoms with van der Waals surface area (Å²) in [7, 11) is 2.96. The molecule has 1 aliphatic rings. The largest absolute Gasteiger partial charge is 0.366 e. The van der Waals surface area contributed by atoms with Crippen LogP contribution in [0.2, 0.25) is 0 Å². The van der Waals surface area contributed by atoms with Crippen LogP contribution in [0.5, 0.6) is 0 Å². The maximum absolute atomic E-state index is 10.9. The van der Waals surface area contributed by atoms with Crippen molar-refractivity contribution in [2.24, 2.45) is 5.73 Å². The topological polar surface area (TPSA) is 55.1 Å². The van der Waals surface area contributed by atoms with Gasteiger partial charge in [-0.15, -0.1) is 0 Å². The van der Waals surface area contributed by atoms with Crippen molar-refractivity contribution in [3.63, 3.8) is 0 Å². The number of hydrogen-bond acceptors (Lipinski definition) is 4. The minimum atomic E-state index is -0.543. The molecule has 3 N–H and O–H groups in total. The van der Waals surface area contributed by atoms with Crippen molar-refractivity contribution < 1.29 is 4.79 Å². The lowest BCUT2D eigenvalue weighted by molar-refractivity contribution is -0.118. The van der Waals surface area contributed by atoms with E-state index in [4.69, 9.17) is 5.73 Å². The molecule has 0 unspecified atom stereocenters. The molecule has 0 aromatic carbocycles. The molecule has 0 bridgehead atoms. The molecule has 1 heterocycles. The fourth-order valence-corrected chi connectivity index (χ4v) is 2.66. The van der Waals surface area contributed by atoms with E-state index in [1.54, 1.807) is 0 Å². The minimum Gasteiger partial charge on any atom is -0.366 e. The second kappa shape index (κ2) is 2.57. The Morgan fingerprint density at radius 1 is 1.45 bits per heavy atom. The quantitative estimate of drug-likeness (QED) is 0.504. The molecule has 64 valence electrons. The van der Waals surface area contributed by atoms with Gasteiger partial charge in [-0.3, -0.25) is 10.1 Å². The van der Waals surface area contributed by atoms with E-state index < -0.39 is 4.20 Å². The number of hydrogen-bond donors (Lipinski definition) is 2. The molecule has 1 aliphatic heterocycles. The molecule has 3 nitrogen and oxygen atoms in total. The van der Waals surface area contributed by atoms with Gasteiger partial charge in [0.1, 0.15) is 0 Å². The van der Waals surface area contributed by atoms with Crippen LogP contribution in [0, 0.1) is 0 Å². The summed E-state index contributed by atoms with van der Waals surface area (Å²) in [4.78, 5) is 10.9. The summed E-state index contributed by atoms with van der Waals surface area (Å²) >= 11 is 0. The van der Waals surface area contributed by atoms with Crippen LogP contribution < -0.4 is 11.1 Å². The highest BCUT2D eigenvalue weighted by atomic mass is 33.2. The zero-order valence-electron chi connectivity index (χ0n) is 6.80. The van der Waals surface area contributed by atoms with Gasteiger partial charge in [-0.2, -0.15) is 0 Å². The molecule has 0 aliphatic carbocycles. The van der Waals surface area contributed by atoms with Crippen LogP contribution in [0.3, 0.4) is 0 Å². The van der Waals surface area contributed by atoms with Gasteiger partial charge in [0.15, 0.2) is 0 Å². The third-order valence-electron chi connectivity index (χ3n) is 1.11. The summed E-state index contributed by atoms with van der Waals surface area (Å²) in [5, 5.41) is 3.16. The molecule has 1 rings (SSSR count). The first kappa shape index (κ1) is 9.22. The Hall–Kier alpha value is 0.130. The van der Waals surface area contributed by atoms with Gasteiger partial charge in [-0.25, -0.2) is 0 Å². The predicted octanol–water partition coefficient (Wildman–Crippen LogP) is 0.909. The maximum Gasteiger partial charge on any atom is 0.260 e. The lowest BCUT2D eigenvalue weighted by Gasteiger charge is -2.23. The monoisotopic (exact) mass is 192 g/mol. The first-order valence-corrected chi connectivity index (χ1v) is 5.47. The fraction of sp³-hybridized carbons (Fsp3) is 0.833. The normalized spacial score (nSPS) is 21.4. The SMILES string of the molecule is CC(C)(C)NC1(C(N)=O)SS1. The summed E-state index contributed by atoms with van der Waals surface area (Å²) in [6, 6.07) is 0. The van der Waals surface area contributed by atoms with Crippen LogP contribution in [-0.4, -0.2) is 15.6 Å². The van der Waals surface area contributed by atoms with Crippen molar-refractivity contribution in [3.05, 3.63) is 0 Å². The van der Waals surface area contributed by atoms with Crippen LogP contribution in [0.4, 0.5) is 0 Å². The van der Waals surface area contributed by atoms with Crippen molar-refractivity contribution in [1.29, 1.82) is 0 Å². The smallest absolute Gasteiger partial charge is 0.260 e. The molecule has 1 amide bonds. The first-order chi connectivity index (χ1) is 4.86. The number of amides is 1. The van der Waals surface area contributed by atoms with Gasteiger partial charge in [0.25, 0.3) is 5.91 Å². The summed E-state index contributed by atoms with van der Waals surface area (Å²) < 4.78 is -0.543. The zero-order chi connectivity index (χ0) is 8.70. The van der Waals surface area contributed by atoms with Gasteiger partial charge in [-0.1, -0.05) is 0 Å². The van der Waals surface area contributed by atoms with E-state index in [2.05, 4.69) is 5.32 Å². The fourth-order valence-electron chi connectivity index (χ4n) is 0.721. The second-order valence-electron chi connectivity index (χ2n) is 3.52. The van der Waals surface area contributed by atoms with Gasteiger partial charge in [0.05, 0.1) is 0 Å². The van der Waals surface area contributed by atoms with Gasteiger partial charge in [-0.05, 0) is 42.4 Å². The van der Waals surface area contributed by atoms with Crippen molar-refractivity contribution in [2.45, 2.75) is 30.5 Å². The van der Waals surface area contributed by atoms with E-state index in [-0.39, 0.29) is 11.4 Å². The Balaban J connectivity index is 2.55. The molecule has 0 saturated carbocycles. The van der Waals surface area contributed by atoms with Crippen LogP contribution >= 0.6 is 21.6 Å². The van der Waals surface area contributed by atoms with E-state index in [1.807, 2.05) is 20.8 Å². The molecule has 0 aromatic rings. The molecule has 0 radical (unpaired) electrons. The van der Waals surface area contributed by atoms with E-state index in [1.165, 1.54) is 21.6 Å². The van der Waals surface area contributed by atoms with Gasteiger partial charge in [0.2, 0.25) is 4.20 Å². The van der Waals surface area contributed by atoms with E-state index in [0.717, 1.165) is 0 Å². The molecule has 1 saturated heterocycles. The van der Waals surface area contributed by atoms with Crippen molar-refractivity contribution in [2.75, 3.05) is 0 Å². The number of carbonyl (C=O) groups excluding carboxylic acids is 1. The molecule has 0 aromatic heterocycles. The lowest BCUT2D eigenvalue weighted by Crippen LogP contribution is -2.50. The predicted molar refractivity (Wildman–Crippen MR) is 50.0 cm³/mol. The Morgan fingerprint density at radius 3 is 2.00 bits per heavy atom. The van der Waals surface area contributed by atoms with Crippen molar-refractivity contribution in [3.8, 4) is 0 Å². The van der Waals surface area contributed by atoms with Gasteiger partial charge >= 0.3 is 0 Å². The number of carbonyl (C=O) groups is 1. The number of nitrogens with one attached hydrogen (secondary N) is 1. The van der Waals surface area contributed by atoms with Gasteiger partial charge < -0.3 is 5.73 Å². The Bertz CT molecular complexity index is 184. The summed E-state index contributed by atoms with van der Waals surface area (Å²) in [6.45, 7) is 6.03. The van der Waals surface area contributed by atoms with E-state index in [9.17, 15) is 4.79 Å². The average Bonchev–Trinajstić information content (AvgIpc) is 2.43. The molecule has 11 heavy (non-hydrogen) atoms. The minimum absolute atomic E-state index is 0.0640. The Morgan fingerprint density at radius 2 is 1.91 bits per heavy atom. The number of primary amides is 1. The molecular formula is C6H12N2OS2. The Kier molecular flexibility index (Phi) is 2.15. The van der Waals surface area contributed by atoms with Crippen LogP contribution in [0.25, 0.3) is 0 Å². The second-order valence-corrected chi connectivity index (χ2v) is 6.34. The zero-order valence-corrected chi connectivity index (χ0v) is 8.44. The van der Waals surface area contributed by atoms with Crippen molar-refractivity contribution in [1.82, 2.24) is 5.32 Å². The maximum atomic E-state index is 10.9. The summed E-state index contributed by atoms with van der Waals surface area (Å²) in [5.74, 6) is -0.289. The third kappa shape index (κ3) is 2.28. The van der Waals surface area contributed by atoms with Crippen LogP contribution in [-0.2, 0) is 4.79 Å². The highest BCUT2D eigenvalue weighted by Gasteiger charge is 2.54. The molecule has 0 spiro atoms. The highest BCUT2D eigenvalue weighted by Crippen LogP contribution is 2.63. The van der Waals surface area contributed by atoms with Crippen LogP contribution in [0.1, 0.15) is 20.8 Å². The standard InChI is InChI=1S/C6H12N2OS2/c1-5(2,3)8-6(4(7)9)10-11-6/h8H,1-3H3,(H2,7,9). The average molecular weight is 192 g/mol. The number of rotatable bonds is 2. The highest BCUT2D eigenvalue weighted by molar-refractivity contribution is 8.94. The number of nitrogens with two attached hydrogens (primary N) is 1. The Labute approximate surface area is 74.3 Å². The van der Waals surface area contributed by atoms with E-state index in [0.29, 0.717) is 0 Å². The summed E-state index contributed by atoms with van der Waals surface area (Å²) in [5.41, 5.74) is 5.13. The van der Waals surface area contributed by atoms with Gasteiger partial charge in [0, 0.05) is 5.54 Å². The first-order valence-electron chi connectivity index (χ1n) is 3.32. The third-order valence-corrected chi connectivity index (χ3v) is 3.72. The van der Waals surface area contributed by atoms with Crippen LogP contribution in [0.15, 0.2) is 0 Å². The molecular weight excluding hydrogens is 180 g/mol. The van der Waals surface area contributed by atoms with Crippen molar-refractivity contribution >= 4 is 27.5 Å².